The van der Waals surface area contributed by atoms with Gasteiger partial charge >= 0.3 is 5.97 Å². The summed E-state index contributed by atoms with van der Waals surface area (Å²) < 4.78 is 25.9. The highest BCUT2D eigenvalue weighted by Crippen LogP contribution is 2.22. The molecule has 1 aromatic carbocycles. The molecule has 0 fully saturated rings. The number of nitrogens with one attached hydrogen (secondary N) is 1. The van der Waals surface area contributed by atoms with Gasteiger partial charge in [-0.2, -0.15) is 0 Å². The van der Waals surface area contributed by atoms with Crippen LogP contribution in [0.2, 0.25) is 0 Å². The van der Waals surface area contributed by atoms with Gasteiger partial charge in [0.2, 0.25) is 0 Å². The van der Waals surface area contributed by atoms with E-state index in [4.69, 9.17) is 5.11 Å². The first kappa shape index (κ1) is 12.4. The zero-order valence-corrected chi connectivity index (χ0v) is 9.80. The molecular weight excluding hydrogens is 262 g/mol. The molecule has 0 aliphatic heterocycles. The van der Waals surface area contributed by atoms with E-state index in [1.165, 1.54) is 11.3 Å². The molecule has 0 amide bonds. The molecule has 0 bridgehead atoms. The van der Waals surface area contributed by atoms with Crippen LogP contribution in [0.4, 0.5) is 19.6 Å². The number of nitrogens with zero attached hydrogens (tertiary/aromatic N) is 1. The zero-order chi connectivity index (χ0) is 13.1. The Morgan fingerprint density at radius 1 is 1.33 bits per heavy atom. The Morgan fingerprint density at radius 2 is 2.00 bits per heavy atom. The van der Waals surface area contributed by atoms with Crippen molar-refractivity contribution in [2.24, 2.45) is 0 Å². The van der Waals surface area contributed by atoms with Crippen LogP contribution in [0.3, 0.4) is 0 Å². The number of rotatable bonds is 4. The highest BCUT2D eigenvalue weighted by atomic mass is 32.1. The molecule has 7 heteroatoms. The Morgan fingerprint density at radius 3 is 2.61 bits per heavy atom. The van der Waals surface area contributed by atoms with Gasteiger partial charge in [-0.05, 0) is 12.1 Å². The lowest BCUT2D eigenvalue weighted by Gasteiger charge is -2.02. The predicted octanol–water partition coefficient (Wildman–Crippen LogP) is 2.79. The molecule has 1 heterocycles. The minimum atomic E-state index is -0.983. The summed E-state index contributed by atoms with van der Waals surface area (Å²) >= 11 is 1.17. The molecule has 4 nitrogen and oxygen atoms in total. The maximum Gasteiger partial charge on any atom is 0.309 e. The fraction of sp³-hybridized carbons (Fsp3) is 0.0909. The predicted molar refractivity (Wildman–Crippen MR) is 63.1 cm³/mol. The first-order chi connectivity index (χ1) is 8.52. The Bertz CT molecular complexity index is 566. The number of aliphatic carboxylic acids is 1. The van der Waals surface area contributed by atoms with Crippen molar-refractivity contribution in [2.45, 2.75) is 6.42 Å². The SMILES string of the molecule is O=C(O)Cc1csc(Nc2cc(F)cc(F)c2)n1. The maximum atomic E-state index is 12.9. The fourth-order valence-electron chi connectivity index (χ4n) is 1.35. The normalized spacial score (nSPS) is 10.3. The number of thiazole rings is 1. The van der Waals surface area contributed by atoms with Crippen LogP contribution in [0.1, 0.15) is 5.69 Å². The van der Waals surface area contributed by atoms with Crippen LogP contribution >= 0.6 is 11.3 Å². The van der Waals surface area contributed by atoms with Gasteiger partial charge in [0.05, 0.1) is 12.1 Å². The molecule has 0 saturated heterocycles. The summed E-state index contributed by atoms with van der Waals surface area (Å²) in [5.74, 6) is -2.37. The summed E-state index contributed by atoms with van der Waals surface area (Å²) in [5, 5.41) is 13.3. The summed E-state index contributed by atoms with van der Waals surface area (Å²) in [4.78, 5) is 14.5. The lowest BCUT2D eigenvalue weighted by Crippen LogP contribution is -2.00. The van der Waals surface area contributed by atoms with Gasteiger partial charge in [0.1, 0.15) is 11.6 Å². The monoisotopic (exact) mass is 270 g/mol. The summed E-state index contributed by atoms with van der Waals surface area (Å²) in [7, 11) is 0. The van der Waals surface area contributed by atoms with Gasteiger partial charge in [-0.1, -0.05) is 0 Å². The molecule has 18 heavy (non-hydrogen) atoms. The zero-order valence-electron chi connectivity index (χ0n) is 8.98. The highest BCUT2D eigenvalue weighted by Gasteiger charge is 2.07. The minimum absolute atomic E-state index is 0.185. The molecule has 0 atom stereocenters. The largest absolute Gasteiger partial charge is 0.481 e. The van der Waals surface area contributed by atoms with E-state index in [0.717, 1.165) is 18.2 Å². The van der Waals surface area contributed by atoms with Gasteiger partial charge in [-0.3, -0.25) is 4.79 Å². The molecule has 2 rings (SSSR count). The molecule has 1 aromatic heterocycles. The van der Waals surface area contributed by atoms with Gasteiger partial charge < -0.3 is 10.4 Å². The summed E-state index contributed by atoms with van der Waals surface area (Å²) in [6.07, 6.45) is -0.185. The van der Waals surface area contributed by atoms with E-state index in [1.54, 1.807) is 5.38 Å². The Hall–Kier alpha value is -2.02. The lowest BCUT2D eigenvalue weighted by molar-refractivity contribution is -0.136. The van der Waals surface area contributed by atoms with Crippen LogP contribution in [0.5, 0.6) is 0 Å². The summed E-state index contributed by atoms with van der Waals surface area (Å²) in [6, 6.07) is 3.02. The average Bonchev–Trinajstić information content (AvgIpc) is 2.62. The van der Waals surface area contributed by atoms with Crippen molar-refractivity contribution in [3.63, 3.8) is 0 Å². The smallest absolute Gasteiger partial charge is 0.309 e. The van der Waals surface area contributed by atoms with E-state index in [0.29, 0.717) is 10.8 Å². The maximum absolute atomic E-state index is 12.9. The van der Waals surface area contributed by atoms with E-state index < -0.39 is 17.6 Å². The summed E-state index contributed by atoms with van der Waals surface area (Å²) in [6.45, 7) is 0. The summed E-state index contributed by atoms with van der Waals surface area (Å²) in [5.41, 5.74) is 0.621. The van der Waals surface area contributed by atoms with E-state index in [2.05, 4.69) is 10.3 Å². The molecule has 0 aliphatic rings. The second-order valence-corrected chi connectivity index (χ2v) is 4.36. The van der Waals surface area contributed by atoms with Gasteiger partial charge in [0, 0.05) is 17.1 Å². The third-order valence-corrected chi connectivity index (χ3v) is 2.80. The quantitative estimate of drug-likeness (QED) is 0.896. The second kappa shape index (κ2) is 5.09. The molecule has 2 N–H and O–H groups in total. The first-order valence-electron chi connectivity index (χ1n) is 4.92. The number of hydrogen-bond acceptors (Lipinski definition) is 4. The van der Waals surface area contributed by atoms with Crippen LogP contribution in [0.15, 0.2) is 23.6 Å². The van der Waals surface area contributed by atoms with E-state index in [9.17, 15) is 13.6 Å². The van der Waals surface area contributed by atoms with Gasteiger partial charge in [-0.25, -0.2) is 13.8 Å². The van der Waals surface area contributed by atoms with Crippen LogP contribution in [-0.2, 0) is 11.2 Å². The van der Waals surface area contributed by atoms with Crippen molar-refractivity contribution in [1.82, 2.24) is 4.98 Å². The van der Waals surface area contributed by atoms with Crippen LogP contribution in [0, 0.1) is 11.6 Å². The Kier molecular flexibility index (Phi) is 3.52. The molecule has 0 spiro atoms. The standard InChI is InChI=1S/C11H8F2N2O2S/c12-6-1-7(13)3-8(2-6)14-11-15-9(5-18-11)4-10(16)17/h1-3,5H,4H2,(H,14,15)(H,16,17). The number of carbonyl (C=O) groups is 1. The lowest BCUT2D eigenvalue weighted by atomic mass is 10.3. The fourth-order valence-corrected chi connectivity index (χ4v) is 2.08. The number of halogens is 2. The second-order valence-electron chi connectivity index (χ2n) is 3.50. The van der Waals surface area contributed by atoms with Crippen molar-refractivity contribution in [3.8, 4) is 0 Å². The van der Waals surface area contributed by atoms with Crippen LogP contribution < -0.4 is 5.32 Å². The van der Waals surface area contributed by atoms with Gasteiger partial charge in [-0.15, -0.1) is 11.3 Å². The van der Waals surface area contributed by atoms with Crippen LogP contribution in [0.25, 0.3) is 0 Å². The highest BCUT2D eigenvalue weighted by molar-refractivity contribution is 7.13. The number of benzene rings is 1. The number of carboxylic acids is 1. The Balaban J connectivity index is 2.13. The van der Waals surface area contributed by atoms with Gasteiger partial charge in [0.15, 0.2) is 5.13 Å². The average molecular weight is 270 g/mol. The van der Waals surface area contributed by atoms with E-state index in [1.807, 2.05) is 0 Å². The molecule has 94 valence electrons. The number of anilines is 2. The molecule has 0 radical (unpaired) electrons. The van der Waals surface area contributed by atoms with Crippen molar-refractivity contribution < 1.29 is 18.7 Å². The number of carboxylic acid groups (broad SMARTS) is 1. The number of hydrogen-bond donors (Lipinski definition) is 2. The molecule has 0 unspecified atom stereocenters. The van der Waals surface area contributed by atoms with Crippen molar-refractivity contribution in [2.75, 3.05) is 5.32 Å². The molecule has 0 aliphatic carbocycles. The third kappa shape index (κ3) is 3.24. The number of aromatic nitrogens is 1. The molecule has 0 saturated carbocycles. The minimum Gasteiger partial charge on any atom is -0.481 e. The van der Waals surface area contributed by atoms with Gasteiger partial charge in [0.25, 0.3) is 0 Å². The van der Waals surface area contributed by atoms with Crippen molar-refractivity contribution in [1.29, 1.82) is 0 Å². The van der Waals surface area contributed by atoms with E-state index in [-0.39, 0.29) is 12.1 Å². The molecule has 2 aromatic rings. The first-order valence-corrected chi connectivity index (χ1v) is 5.80. The topological polar surface area (TPSA) is 62.2 Å². The van der Waals surface area contributed by atoms with Crippen molar-refractivity contribution in [3.05, 3.63) is 40.9 Å². The molecular formula is C11H8F2N2O2S. The van der Waals surface area contributed by atoms with E-state index >= 15 is 0 Å². The van der Waals surface area contributed by atoms with Crippen molar-refractivity contribution >= 4 is 28.1 Å². The third-order valence-electron chi connectivity index (χ3n) is 2.00. The Labute approximate surface area is 105 Å². The van der Waals surface area contributed by atoms with Crippen LogP contribution in [-0.4, -0.2) is 16.1 Å².